The minimum absolute atomic E-state index is 0.0751. The Bertz CT molecular complexity index is 1190. The zero-order chi connectivity index (χ0) is 51.3. The van der Waals surface area contributed by atoms with Gasteiger partial charge in [-0.2, -0.15) is 0 Å². The molecule has 3 atom stereocenters. The van der Waals surface area contributed by atoms with E-state index in [1.165, 1.54) is 238 Å². The Labute approximate surface area is 436 Å². The van der Waals surface area contributed by atoms with E-state index in [0.717, 1.165) is 44.9 Å². The maximum Gasteiger partial charge on any atom is 0.472 e. The second kappa shape index (κ2) is 52.8. The zero-order valence-electron chi connectivity index (χ0n) is 47.5. The molecule has 0 aliphatic carbocycles. The Hall–Kier alpha value is -1.02. The Morgan fingerprint density at radius 1 is 0.486 bits per heavy atom. The molecule has 3 unspecified atom stereocenters. The van der Waals surface area contributed by atoms with Crippen molar-refractivity contribution < 1.29 is 32.9 Å². The lowest BCUT2D eigenvalue weighted by atomic mass is 10.0. The van der Waals surface area contributed by atoms with Crippen LogP contribution in [0.3, 0.4) is 0 Å². The number of allylic oxidation sites excluding steroid dienone is 4. The third-order valence-corrected chi connectivity index (χ3v) is 15.2. The molecule has 70 heavy (non-hydrogen) atoms. The molecule has 0 heterocycles. The van der Waals surface area contributed by atoms with Gasteiger partial charge in [0, 0.05) is 6.42 Å². The number of carbonyl (C=O) groups is 1. The van der Waals surface area contributed by atoms with Crippen molar-refractivity contribution in [1.82, 2.24) is 5.32 Å². The second-order valence-corrected chi connectivity index (χ2v) is 23.9. The van der Waals surface area contributed by atoms with E-state index in [-0.39, 0.29) is 19.1 Å². The molecule has 0 bridgehead atoms. The fraction of sp³-hybridized carbons (Fsp3) is 0.918. The van der Waals surface area contributed by atoms with Gasteiger partial charge in [0.15, 0.2) is 0 Å². The van der Waals surface area contributed by atoms with Crippen molar-refractivity contribution in [3.63, 3.8) is 0 Å². The van der Waals surface area contributed by atoms with Crippen LogP contribution >= 0.6 is 7.82 Å². The maximum absolute atomic E-state index is 13.0. The van der Waals surface area contributed by atoms with Gasteiger partial charge < -0.3 is 19.8 Å². The van der Waals surface area contributed by atoms with Crippen molar-refractivity contribution in [3.8, 4) is 0 Å². The van der Waals surface area contributed by atoms with Gasteiger partial charge in [-0.3, -0.25) is 13.8 Å². The zero-order valence-corrected chi connectivity index (χ0v) is 48.4. The molecule has 416 valence electrons. The summed E-state index contributed by atoms with van der Waals surface area (Å²) in [6.45, 7) is 4.90. The lowest BCUT2D eigenvalue weighted by Gasteiger charge is -2.26. The highest BCUT2D eigenvalue weighted by Gasteiger charge is 2.28. The van der Waals surface area contributed by atoms with Crippen LogP contribution in [0, 0.1) is 0 Å². The standard InChI is InChI=1S/C61H121N2O6P/c1-6-8-10-12-14-16-18-20-22-24-26-27-28-29-30-31-32-33-34-35-37-38-40-42-44-46-48-50-52-54-60(64)59(58-69-70(66,67)68-57-56-63(3,4)5)62-61(65)55-53-51-49-47-45-43-41-39-36-25-23-21-19-17-15-13-11-9-7-2/h15,17,21,23,59-60,64H,6-14,16,18-20,22,24-58H2,1-5H3,(H-,62,65,66,67)/p+1/b17-15-,23-21-. The molecule has 9 heteroatoms. The first-order chi connectivity index (χ1) is 34.0. The smallest absolute Gasteiger partial charge is 0.391 e. The second-order valence-electron chi connectivity index (χ2n) is 22.4. The van der Waals surface area contributed by atoms with Crippen LogP contribution in [0.1, 0.15) is 309 Å². The van der Waals surface area contributed by atoms with E-state index >= 15 is 0 Å². The van der Waals surface area contributed by atoms with Gasteiger partial charge in [0.25, 0.3) is 0 Å². The van der Waals surface area contributed by atoms with Crippen molar-refractivity contribution >= 4 is 13.7 Å². The van der Waals surface area contributed by atoms with E-state index in [4.69, 9.17) is 9.05 Å². The highest BCUT2D eigenvalue weighted by atomic mass is 31.2. The fourth-order valence-electron chi connectivity index (χ4n) is 9.37. The summed E-state index contributed by atoms with van der Waals surface area (Å²) in [5, 5.41) is 14.1. The molecular weight excluding hydrogens is 888 g/mol. The Balaban J connectivity index is 4.07. The average molecular weight is 1010 g/mol. The van der Waals surface area contributed by atoms with Crippen LogP contribution in [0.4, 0.5) is 0 Å². The number of rotatable bonds is 57. The summed E-state index contributed by atoms with van der Waals surface area (Å²) >= 11 is 0. The van der Waals surface area contributed by atoms with Gasteiger partial charge in [0.1, 0.15) is 13.2 Å². The van der Waals surface area contributed by atoms with Crippen molar-refractivity contribution in [2.75, 3.05) is 40.9 Å². The van der Waals surface area contributed by atoms with E-state index in [1.807, 2.05) is 21.1 Å². The number of phosphoric ester groups is 1. The molecule has 0 fully saturated rings. The summed E-state index contributed by atoms with van der Waals surface area (Å²) in [6.07, 6.45) is 66.8. The van der Waals surface area contributed by atoms with Crippen molar-refractivity contribution in [2.45, 2.75) is 321 Å². The Kier molecular flexibility index (Phi) is 52.1. The van der Waals surface area contributed by atoms with Crippen LogP contribution in [0.5, 0.6) is 0 Å². The van der Waals surface area contributed by atoms with Crippen molar-refractivity contribution in [2.24, 2.45) is 0 Å². The van der Waals surface area contributed by atoms with E-state index in [2.05, 4.69) is 43.5 Å². The number of carbonyl (C=O) groups excluding carboxylic acids is 1. The van der Waals surface area contributed by atoms with Crippen LogP contribution in [0.2, 0.25) is 0 Å². The topological polar surface area (TPSA) is 105 Å². The van der Waals surface area contributed by atoms with Crippen LogP contribution in [-0.4, -0.2) is 73.4 Å². The van der Waals surface area contributed by atoms with Gasteiger partial charge >= 0.3 is 7.82 Å². The lowest BCUT2D eigenvalue weighted by molar-refractivity contribution is -0.870. The number of nitrogens with zero attached hydrogens (tertiary/aromatic N) is 1. The third kappa shape index (κ3) is 54.7. The summed E-state index contributed by atoms with van der Waals surface area (Å²) < 4.78 is 23.8. The van der Waals surface area contributed by atoms with Gasteiger partial charge in [-0.25, -0.2) is 4.57 Å². The molecule has 0 saturated carbocycles. The number of phosphoric acid groups is 1. The van der Waals surface area contributed by atoms with Crippen LogP contribution in [0.25, 0.3) is 0 Å². The molecule has 0 aromatic rings. The molecule has 0 aliphatic heterocycles. The van der Waals surface area contributed by atoms with Crippen molar-refractivity contribution in [3.05, 3.63) is 24.3 Å². The Morgan fingerprint density at radius 2 is 0.814 bits per heavy atom. The predicted molar refractivity (Wildman–Crippen MR) is 305 cm³/mol. The highest BCUT2D eigenvalue weighted by Crippen LogP contribution is 2.43. The third-order valence-electron chi connectivity index (χ3n) is 14.2. The Morgan fingerprint density at radius 3 is 1.20 bits per heavy atom. The number of aliphatic hydroxyl groups is 1. The first-order valence-corrected chi connectivity index (χ1v) is 32.2. The van der Waals surface area contributed by atoms with Crippen molar-refractivity contribution in [1.29, 1.82) is 0 Å². The molecule has 0 aromatic heterocycles. The van der Waals surface area contributed by atoms with Gasteiger partial charge in [-0.15, -0.1) is 0 Å². The maximum atomic E-state index is 13.0. The van der Waals surface area contributed by atoms with Crippen LogP contribution in [-0.2, 0) is 18.4 Å². The molecule has 0 spiro atoms. The monoisotopic (exact) mass is 1010 g/mol. The van der Waals surface area contributed by atoms with E-state index in [9.17, 15) is 19.4 Å². The quantitative estimate of drug-likeness (QED) is 0.0243. The minimum atomic E-state index is -4.32. The molecule has 0 aromatic carbocycles. The first kappa shape index (κ1) is 69.0. The van der Waals surface area contributed by atoms with Gasteiger partial charge in [0.05, 0.1) is 39.9 Å². The number of aliphatic hydroxyl groups excluding tert-OH is 1. The molecule has 8 nitrogen and oxygen atoms in total. The van der Waals surface area contributed by atoms with E-state index in [1.54, 1.807) is 0 Å². The summed E-state index contributed by atoms with van der Waals surface area (Å²) in [7, 11) is 1.62. The molecule has 0 aliphatic rings. The van der Waals surface area contributed by atoms with E-state index in [0.29, 0.717) is 23.9 Å². The van der Waals surface area contributed by atoms with Gasteiger partial charge in [-0.1, -0.05) is 282 Å². The minimum Gasteiger partial charge on any atom is -0.391 e. The molecule has 0 saturated heterocycles. The molecule has 1 amide bonds. The number of hydrogen-bond acceptors (Lipinski definition) is 5. The first-order valence-electron chi connectivity index (χ1n) is 30.7. The van der Waals surface area contributed by atoms with Crippen LogP contribution < -0.4 is 5.32 Å². The lowest BCUT2D eigenvalue weighted by Crippen LogP contribution is -2.46. The molecule has 0 radical (unpaired) electrons. The predicted octanol–water partition coefficient (Wildman–Crippen LogP) is 18.8. The average Bonchev–Trinajstić information content (AvgIpc) is 3.32. The summed E-state index contributed by atoms with van der Waals surface area (Å²) in [5.74, 6) is -0.144. The van der Waals surface area contributed by atoms with Gasteiger partial charge in [-0.05, 0) is 44.9 Å². The summed E-state index contributed by atoms with van der Waals surface area (Å²) in [5.41, 5.74) is 0. The summed E-state index contributed by atoms with van der Waals surface area (Å²) in [6, 6.07) is -0.763. The summed E-state index contributed by atoms with van der Waals surface area (Å²) in [4.78, 5) is 23.4. The van der Waals surface area contributed by atoms with E-state index < -0.39 is 20.0 Å². The van der Waals surface area contributed by atoms with Crippen LogP contribution in [0.15, 0.2) is 24.3 Å². The SMILES string of the molecule is CCCCC/C=C\C/C=C\CCCCCCCCCCCC(=O)NC(COP(=O)(O)OCC[N+](C)(C)C)C(O)CCCCCCCCCCCCCCCCCCCCCCCCCCCCCCC. The number of amides is 1. The molecule has 3 N–H and O–H groups in total. The van der Waals surface area contributed by atoms with Gasteiger partial charge in [0.2, 0.25) is 5.91 Å². The number of unbranched alkanes of at least 4 members (excludes halogenated alkanes) is 40. The largest absolute Gasteiger partial charge is 0.472 e. The number of hydrogen-bond donors (Lipinski definition) is 3. The normalized spacial score (nSPS) is 14.0. The fourth-order valence-corrected chi connectivity index (χ4v) is 10.1. The highest BCUT2D eigenvalue weighted by molar-refractivity contribution is 7.47. The number of quaternary nitrogens is 1. The molecule has 0 rings (SSSR count). The molecular formula is C61H122N2O6P+. The number of likely N-dealkylation sites (N-methyl/N-ethyl adjacent to an activating group) is 1. The number of nitrogens with one attached hydrogen (secondary N) is 1.